The van der Waals surface area contributed by atoms with E-state index in [4.69, 9.17) is 11.6 Å². The third-order valence-electron chi connectivity index (χ3n) is 5.92. The Morgan fingerprint density at radius 3 is 2.83 bits per heavy atom. The maximum atomic E-state index is 6.37. The maximum Gasteiger partial charge on any atom is 0.0565 e. The quantitative estimate of drug-likeness (QED) is 0.563. The largest absolute Gasteiger partial charge is 0.378 e. The molecule has 0 saturated heterocycles. The summed E-state index contributed by atoms with van der Waals surface area (Å²) in [6.45, 7) is 2.40. The van der Waals surface area contributed by atoms with Gasteiger partial charge in [0.25, 0.3) is 0 Å². The number of hydrogen-bond acceptors (Lipinski definition) is 2. The van der Waals surface area contributed by atoms with E-state index in [-0.39, 0.29) is 5.41 Å². The lowest BCUT2D eigenvalue weighted by molar-refractivity contribution is 0.320. The predicted octanol–water partition coefficient (Wildman–Crippen LogP) is 6.05. The minimum atomic E-state index is -0.00528. The molecule has 3 heteroatoms. The van der Waals surface area contributed by atoms with Crippen LogP contribution in [0.15, 0.2) is 59.3 Å². The van der Waals surface area contributed by atoms with Crippen molar-refractivity contribution in [2.45, 2.75) is 24.8 Å². The van der Waals surface area contributed by atoms with Gasteiger partial charge in [0, 0.05) is 22.0 Å². The maximum absolute atomic E-state index is 6.37. The fraction of sp³-hybridized carbons (Fsp3) is 0.238. The van der Waals surface area contributed by atoms with Gasteiger partial charge in [-0.05, 0) is 63.7 Å². The van der Waals surface area contributed by atoms with E-state index in [1.54, 1.807) is 11.3 Å². The summed E-state index contributed by atoms with van der Waals surface area (Å²) in [5, 5.41) is 9.07. The van der Waals surface area contributed by atoms with Crippen LogP contribution in [0.4, 0.5) is 5.69 Å². The van der Waals surface area contributed by atoms with Gasteiger partial charge in [-0.1, -0.05) is 42.8 Å². The van der Waals surface area contributed by atoms with Gasteiger partial charge in [-0.2, -0.15) is 11.3 Å². The van der Waals surface area contributed by atoms with Gasteiger partial charge in [0.2, 0.25) is 0 Å². The Bertz CT molecular complexity index is 917. The highest BCUT2D eigenvalue weighted by Gasteiger charge is 2.51. The van der Waals surface area contributed by atoms with E-state index in [1.807, 2.05) is 6.07 Å². The van der Waals surface area contributed by atoms with E-state index in [1.165, 1.54) is 27.9 Å². The number of anilines is 1. The van der Waals surface area contributed by atoms with Crippen molar-refractivity contribution in [3.8, 4) is 0 Å². The number of nitrogens with one attached hydrogen (secondary N) is 1. The molecule has 0 unspecified atom stereocenters. The van der Waals surface area contributed by atoms with Crippen molar-refractivity contribution < 1.29 is 0 Å². The Balaban J connectivity index is 1.78. The molecule has 3 aromatic rings. The molecule has 1 aliphatic carbocycles. The van der Waals surface area contributed by atoms with Crippen LogP contribution in [0.3, 0.4) is 0 Å². The minimum absolute atomic E-state index is 0.00528. The van der Waals surface area contributed by atoms with Gasteiger partial charge >= 0.3 is 0 Å². The molecule has 2 aliphatic rings. The summed E-state index contributed by atoms with van der Waals surface area (Å²) in [6.07, 6.45) is 1.10. The summed E-state index contributed by atoms with van der Waals surface area (Å²) in [7, 11) is 0. The fourth-order valence-corrected chi connectivity index (χ4v) is 5.62. The van der Waals surface area contributed by atoms with Gasteiger partial charge < -0.3 is 5.32 Å². The normalized spacial score (nSPS) is 27.1. The molecule has 3 atom stereocenters. The van der Waals surface area contributed by atoms with Crippen molar-refractivity contribution in [1.29, 1.82) is 0 Å². The van der Waals surface area contributed by atoms with E-state index in [0.29, 0.717) is 12.0 Å². The van der Waals surface area contributed by atoms with E-state index in [0.717, 1.165) is 11.4 Å². The standard InChI is InChI=1S/C21H18ClNS/c1-21-16-5-3-2-4-13(16)10-18(21)20(14-8-9-24-12-14)23-19-7-6-15(22)11-17(19)21/h2-9,11-12,18,20,23H,10H2,1H3/t18-,20+,21+/m1/s1. The Morgan fingerprint density at radius 2 is 2.00 bits per heavy atom. The van der Waals surface area contributed by atoms with E-state index >= 15 is 0 Å². The second kappa shape index (κ2) is 5.11. The average molecular weight is 352 g/mol. The predicted molar refractivity (Wildman–Crippen MR) is 102 cm³/mol. The lowest BCUT2D eigenvalue weighted by Gasteiger charge is -2.45. The zero-order valence-corrected chi connectivity index (χ0v) is 15.0. The molecule has 1 N–H and O–H groups in total. The summed E-state index contributed by atoms with van der Waals surface area (Å²) in [4.78, 5) is 0. The summed E-state index contributed by atoms with van der Waals surface area (Å²) in [6, 6.07) is 17.8. The molecule has 0 spiro atoms. The SMILES string of the molecule is C[C@@]12c3ccccc3C[C@@H]1[C@H](c1ccsc1)Nc1ccc(Cl)cc12. The van der Waals surface area contributed by atoms with Gasteiger partial charge in [-0.3, -0.25) is 0 Å². The molecule has 0 amide bonds. The highest BCUT2D eigenvalue weighted by molar-refractivity contribution is 7.08. The Kier molecular flexibility index (Phi) is 3.10. The molecule has 0 radical (unpaired) electrons. The topological polar surface area (TPSA) is 12.0 Å². The molecule has 2 heterocycles. The van der Waals surface area contributed by atoms with E-state index in [9.17, 15) is 0 Å². The molecular formula is C21H18ClNS. The lowest BCUT2D eigenvalue weighted by atomic mass is 9.65. The number of benzene rings is 2. The zero-order valence-electron chi connectivity index (χ0n) is 13.4. The molecule has 1 aliphatic heterocycles. The number of hydrogen-bond donors (Lipinski definition) is 1. The van der Waals surface area contributed by atoms with Crippen LogP contribution < -0.4 is 5.32 Å². The van der Waals surface area contributed by atoms with Crippen LogP contribution in [-0.2, 0) is 11.8 Å². The molecule has 0 bridgehead atoms. The summed E-state index contributed by atoms with van der Waals surface area (Å²) in [5.41, 5.74) is 6.86. The van der Waals surface area contributed by atoms with Crippen LogP contribution in [0.5, 0.6) is 0 Å². The van der Waals surface area contributed by atoms with Crippen molar-refractivity contribution in [1.82, 2.24) is 0 Å². The summed E-state index contributed by atoms with van der Waals surface area (Å²) < 4.78 is 0. The van der Waals surface area contributed by atoms with Crippen LogP contribution in [0, 0.1) is 5.92 Å². The molecule has 1 nitrogen and oxygen atoms in total. The Hall–Kier alpha value is -1.77. The molecule has 1 aromatic heterocycles. The van der Waals surface area contributed by atoms with Crippen LogP contribution in [0.2, 0.25) is 5.02 Å². The van der Waals surface area contributed by atoms with Crippen LogP contribution in [0.1, 0.15) is 35.2 Å². The first kappa shape index (κ1) is 14.6. The lowest BCUT2D eigenvalue weighted by Crippen LogP contribution is -2.41. The first-order valence-corrected chi connectivity index (χ1v) is 9.67. The smallest absolute Gasteiger partial charge is 0.0565 e. The van der Waals surface area contributed by atoms with Gasteiger partial charge in [0.15, 0.2) is 0 Å². The summed E-state index contributed by atoms with van der Waals surface area (Å²) in [5.74, 6) is 0.496. The Labute approximate surface area is 151 Å². The molecule has 2 aromatic carbocycles. The van der Waals surface area contributed by atoms with Crippen LogP contribution in [0.25, 0.3) is 0 Å². The highest BCUT2D eigenvalue weighted by Crippen LogP contribution is 2.58. The van der Waals surface area contributed by atoms with Gasteiger partial charge in [-0.15, -0.1) is 0 Å². The van der Waals surface area contributed by atoms with Crippen molar-refractivity contribution in [2.75, 3.05) is 5.32 Å². The number of halogens is 1. The monoisotopic (exact) mass is 351 g/mol. The third-order valence-corrected chi connectivity index (χ3v) is 6.85. The Morgan fingerprint density at radius 1 is 1.12 bits per heavy atom. The van der Waals surface area contributed by atoms with Crippen molar-refractivity contribution >= 4 is 28.6 Å². The second-order valence-corrected chi connectivity index (χ2v) is 8.26. The van der Waals surface area contributed by atoms with E-state index < -0.39 is 0 Å². The van der Waals surface area contributed by atoms with Gasteiger partial charge in [-0.25, -0.2) is 0 Å². The van der Waals surface area contributed by atoms with Crippen LogP contribution >= 0.6 is 22.9 Å². The van der Waals surface area contributed by atoms with Crippen molar-refractivity contribution in [2.24, 2.45) is 5.92 Å². The second-order valence-electron chi connectivity index (χ2n) is 7.04. The van der Waals surface area contributed by atoms with E-state index in [2.05, 4.69) is 65.5 Å². The van der Waals surface area contributed by atoms with Crippen molar-refractivity contribution in [3.63, 3.8) is 0 Å². The first-order chi connectivity index (χ1) is 11.7. The molecule has 120 valence electrons. The van der Waals surface area contributed by atoms with Crippen LogP contribution in [-0.4, -0.2) is 0 Å². The van der Waals surface area contributed by atoms with Crippen molar-refractivity contribution in [3.05, 3.63) is 86.6 Å². The zero-order chi connectivity index (χ0) is 16.3. The number of fused-ring (bicyclic) bond motifs is 5. The number of rotatable bonds is 1. The highest BCUT2D eigenvalue weighted by atomic mass is 35.5. The molecule has 0 saturated carbocycles. The average Bonchev–Trinajstić information content (AvgIpc) is 3.22. The number of thiophene rings is 1. The van der Waals surface area contributed by atoms with Gasteiger partial charge in [0.1, 0.15) is 0 Å². The minimum Gasteiger partial charge on any atom is -0.378 e. The fourth-order valence-electron chi connectivity index (χ4n) is 4.75. The first-order valence-electron chi connectivity index (χ1n) is 8.35. The molecule has 5 rings (SSSR count). The molecular weight excluding hydrogens is 334 g/mol. The van der Waals surface area contributed by atoms with Gasteiger partial charge in [0.05, 0.1) is 6.04 Å². The summed E-state index contributed by atoms with van der Waals surface area (Å²) >= 11 is 8.14. The molecule has 24 heavy (non-hydrogen) atoms. The molecule has 0 fully saturated rings. The third kappa shape index (κ3) is 1.87.